The first-order valence-electron chi connectivity index (χ1n) is 3.44. The van der Waals surface area contributed by atoms with Gasteiger partial charge in [0.2, 0.25) is 15.9 Å². The molecule has 0 unspecified atom stereocenters. The highest BCUT2D eigenvalue weighted by molar-refractivity contribution is 7.48. The molecule has 0 aromatic heterocycles. The third-order valence-corrected chi connectivity index (χ3v) is 2.17. The van der Waals surface area contributed by atoms with Gasteiger partial charge in [0.25, 0.3) is 0 Å². The van der Waals surface area contributed by atoms with Gasteiger partial charge in [-0.2, -0.15) is 17.7 Å². The van der Waals surface area contributed by atoms with Gasteiger partial charge < -0.3 is 13.6 Å². The molecule has 0 saturated heterocycles. The lowest BCUT2D eigenvalue weighted by atomic mass is 11.1. The van der Waals surface area contributed by atoms with Gasteiger partial charge in [-0.1, -0.05) is 0 Å². The average Bonchev–Trinajstić information content (AvgIpc) is 2.21. The van der Waals surface area contributed by atoms with E-state index in [1.807, 2.05) is 0 Å². The Morgan fingerprint density at radius 2 is 1.06 bits per heavy atom. The van der Waals surface area contributed by atoms with Crippen LogP contribution in [-0.4, -0.2) is 0 Å². The van der Waals surface area contributed by atoms with Crippen LogP contribution in [0.25, 0.3) is 0 Å². The Bertz CT molecular complexity index is 329. The van der Waals surface area contributed by atoms with Crippen LogP contribution in [0.15, 0.2) is 34.6 Å². The molecular formula is C6H3Cl3F3O4P. The molecule has 0 atom stereocenters. The van der Waals surface area contributed by atoms with E-state index in [4.69, 9.17) is 34.8 Å². The van der Waals surface area contributed by atoms with Crippen molar-refractivity contribution in [1.29, 1.82) is 0 Å². The van der Waals surface area contributed by atoms with Crippen molar-refractivity contribution >= 4 is 42.6 Å². The summed E-state index contributed by atoms with van der Waals surface area (Å²) in [6.45, 7) is 0. The molecule has 0 rings (SSSR count). The van der Waals surface area contributed by atoms with Crippen molar-refractivity contribution in [1.82, 2.24) is 0 Å². The van der Waals surface area contributed by atoms with Crippen LogP contribution in [0.3, 0.4) is 0 Å². The molecule has 0 heterocycles. The number of hydrogen-bond donors (Lipinski definition) is 0. The van der Waals surface area contributed by atoms with Gasteiger partial charge in [-0.15, -0.1) is 0 Å². The number of halogens is 6. The second kappa shape index (κ2) is 7.76. The SMILES string of the molecule is O=P(O/C=C(\F)Cl)(O/C=C(\F)Cl)O/C=C(\F)Cl. The van der Waals surface area contributed by atoms with Gasteiger partial charge in [0, 0.05) is 0 Å². The molecule has 0 aromatic carbocycles. The van der Waals surface area contributed by atoms with E-state index in [1.54, 1.807) is 0 Å². The minimum absolute atomic E-state index is 0.127. The van der Waals surface area contributed by atoms with Crippen molar-refractivity contribution in [3.05, 3.63) is 34.6 Å². The smallest absolute Gasteiger partial charge is 0.390 e. The monoisotopic (exact) mass is 332 g/mol. The molecule has 4 nitrogen and oxygen atoms in total. The summed E-state index contributed by atoms with van der Waals surface area (Å²) in [6, 6.07) is 0. The zero-order chi connectivity index (χ0) is 13.5. The Morgan fingerprint density at radius 3 is 1.24 bits per heavy atom. The first kappa shape index (κ1) is 16.5. The maximum atomic E-state index is 12.1. The third kappa shape index (κ3) is 9.23. The van der Waals surface area contributed by atoms with Crippen molar-refractivity contribution in [3.63, 3.8) is 0 Å². The molecule has 0 aliphatic rings. The Labute approximate surface area is 109 Å². The van der Waals surface area contributed by atoms with Crippen molar-refractivity contribution in [2.24, 2.45) is 0 Å². The number of rotatable bonds is 6. The summed E-state index contributed by atoms with van der Waals surface area (Å²) >= 11 is 14.1. The fourth-order valence-corrected chi connectivity index (χ4v) is 1.52. The highest BCUT2D eigenvalue weighted by atomic mass is 35.5. The van der Waals surface area contributed by atoms with E-state index >= 15 is 0 Å². The normalized spacial score (nSPS) is 14.6. The van der Waals surface area contributed by atoms with Gasteiger partial charge >= 0.3 is 7.82 Å². The fourth-order valence-electron chi connectivity index (χ4n) is 0.388. The van der Waals surface area contributed by atoms with Crippen LogP contribution in [0.4, 0.5) is 13.2 Å². The van der Waals surface area contributed by atoms with Crippen molar-refractivity contribution in [2.75, 3.05) is 0 Å². The summed E-state index contributed by atoms with van der Waals surface area (Å²) < 4.78 is 59.9. The summed E-state index contributed by atoms with van der Waals surface area (Å²) in [6.07, 6.45) is 0.382. The van der Waals surface area contributed by atoms with Gasteiger partial charge in [-0.3, -0.25) is 0 Å². The average molecular weight is 333 g/mol. The van der Waals surface area contributed by atoms with Crippen molar-refractivity contribution in [2.45, 2.75) is 0 Å². The first-order chi connectivity index (χ1) is 7.75. The summed E-state index contributed by atoms with van der Waals surface area (Å²) in [5, 5.41) is -4.24. The van der Waals surface area contributed by atoms with Gasteiger partial charge in [0.15, 0.2) is 0 Å². The molecule has 0 N–H and O–H groups in total. The van der Waals surface area contributed by atoms with Gasteiger partial charge in [0.05, 0.1) is 0 Å². The molecule has 11 heteroatoms. The van der Waals surface area contributed by atoms with E-state index in [9.17, 15) is 17.7 Å². The Hall–Kier alpha value is -0.490. The summed E-state index contributed by atoms with van der Waals surface area (Å²) in [4.78, 5) is 0. The number of phosphoric ester groups is 1. The highest BCUT2D eigenvalue weighted by Gasteiger charge is 2.29. The molecule has 0 spiro atoms. The van der Waals surface area contributed by atoms with Crippen LogP contribution in [0.2, 0.25) is 0 Å². The van der Waals surface area contributed by atoms with Crippen LogP contribution >= 0.6 is 42.6 Å². The maximum absolute atomic E-state index is 12.1. The van der Waals surface area contributed by atoms with Crippen molar-refractivity contribution < 1.29 is 31.3 Å². The standard InChI is InChI=1S/C6H3Cl3F3O4P/c7-4(10)1-14-17(13,15-2-5(8)11)16-3-6(9)12/h1-3H/b4-1-,5-2-,6-3-. The van der Waals surface area contributed by atoms with Gasteiger partial charge in [0.1, 0.15) is 18.8 Å². The molecular weight excluding hydrogens is 330 g/mol. The number of hydrogen-bond acceptors (Lipinski definition) is 4. The van der Waals surface area contributed by atoms with E-state index in [2.05, 4.69) is 13.6 Å². The van der Waals surface area contributed by atoms with Crippen LogP contribution in [0.5, 0.6) is 0 Å². The van der Waals surface area contributed by atoms with Gasteiger partial charge in [-0.05, 0) is 34.8 Å². The summed E-state index contributed by atoms with van der Waals surface area (Å²) in [5.74, 6) is 0. The predicted molar refractivity (Wildman–Crippen MR) is 56.0 cm³/mol. The molecule has 0 aliphatic carbocycles. The van der Waals surface area contributed by atoms with E-state index in [0.717, 1.165) is 0 Å². The topological polar surface area (TPSA) is 44.8 Å². The molecule has 0 bridgehead atoms. The molecule has 0 radical (unpaired) electrons. The van der Waals surface area contributed by atoms with E-state index < -0.39 is 23.7 Å². The highest BCUT2D eigenvalue weighted by Crippen LogP contribution is 2.51. The van der Waals surface area contributed by atoms with Crippen LogP contribution in [0, 0.1) is 0 Å². The Kier molecular flexibility index (Phi) is 7.54. The van der Waals surface area contributed by atoms with Crippen LogP contribution in [-0.2, 0) is 18.1 Å². The second-order valence-corrected chi connectivity index (χ2v) is 4.60. The minimum atomic E-state index is -4.58. The summed E-state index contributed by atoms with van der Waals surface area (Å²) in [5.41, 5.74) is 0. The van der Waals surface area contributed by atoms with E-state index in [1.165, 1.54) is 0 Å². The van der Waals surface area contributed by atoms with E-state index in [-0.39, 0.29) is 18.8 Å². The molecule has 98 valence electrons. The zero-order valence-electron chi connectivity index (χ0n) is 7.58. The summed E-state index contributed by atoms with van der Waals surface area (Å²) in [7, 11) is -4.58. The Balaban J connectivity index is 4.81. The second-order valence-electron chi connectivity index (χ2n) is 1.99. The lowest BCUT2D eigenvalue weighted by Crippen LogP contribution is -1.89. The van der Waals surface area contributed by atoms with Gasteiger partial charge in [-0.25, -0.2) is 0 Å². The predicted octanol–water partition coefficient (Wildman–Crippen LogP) is 5.17. The molecule has 0 saturated carbocycles. The lowest BCUT2D eigenvalue weighted by molar-refractivity contribution is 0.224. The maximum Gasteiger partial charge on any atom is 0.645 e. The van der Waals surface area contributed by atoms with Crippen LogP contribution < -0.4 is 0 Å². The first-order valence-corrected chi connectivity index (χ1v) is 6.03. The van der Waals surface area contributed by atoms with Crippen LogP contribution in [0.1, 0.15) is 0 Å². The largest absolute Gasteiger partial charge is 0.645 e. The quantitative estimate of drug-likeness (QED) is 0.497. The molecule has 0 amide bonds. The molecule has 0 aliphatic heterocycles. The molecule has 0 aromatic rings. The fraction of sp³-hybridized carbons (Fsp3) is 0. The third-order valence-electron chi connectivity index (χ3n) is 0.813. The minimum Gasteiger partial charge on any atom is -0.390 e. The lowest BCUT2D eigenvalue weighted by Gasteiger charge is -2.12. The Morgan fingerprint density at radius 1 is 0.824 bits per heavy atom. The van der Waals surface area contributed by atoms with Crippen molar-refractivity contribution in [3.8, 4) is 0 Å². The number of phosphoric acid groups is 1. The van der Waals surface area contributed by atoms with E-state index in [0.29, 0.717) is 0 Å². The zero-order valence-corrected chi connectivity index (χ0v) is 10.7. The molecule has 0 fully saturated rings. The molecule has 17 heavy (non-hydrogen) atoms.